The highest BCUT2D eigenvalue weighted by atomic mass is 16.7. The summed E-state index contributed by atoms with van der Waals surface area (Å²) < 4.78 is 17.3. The summed E-state index contributed by atoms with van der Waals surface area (Å²) >= 11 is 0. The third-order valence-corrected chi connectivity index (χ3v) is 6.20. The Labute approximate surface area is 185 Å². The second-order valence-electron chi connectivity index (χ2n) is 9.39. The minimum atomic E-state index is -0.305. The molecule has 1 N–H and O–H groups in total. The predicted molar refractivity (Wildman–Crippen MR) is 121 cm³/mol. The lowest BCUT2D eigenvalue weighted by Crippen LogP contribution is -2.42. The number of esters is 1. The fourth-order valence-electron chi connectivity index (χ4n) is 4.01. The van der Waals surface area contributed by atoms with E-state index in [2.05, 4.69) is 13.8 Å². The number of carbonyl (C=O) groups excluding carboxylic acids is 1. The zero-order chi connectivity index (χ0) is 22.1. The summed E-state index contributed by atoms with van der Waals surface area (Å²) in [5, 5.41) is 9.01. The molecular weight excluding hydrogens is 380 g/mol. The second-order valence-corrected chi connectivity index (χ2v) is 9.39. The Bertz CT molecular complexity index is 418. The fourth-order valence-corrected chi connectivity index (χ4v) is 4.01. The monoisotopic (exact) mass is 428 g/mol. The number of aliphatic hydroxyl groups excluding tert-OH is 1. The van der Waals surface area contributed by atoms with Crippen molar-refractivity contribution >= 4 is 5.97 Å². The van der Waals surface area contributed by atoms with Gasteiger partial charge < -0.3 is 19.3 Å². The first kappa shape index (κ1) is 27.4. The van der Waals surface area contributed by atoms with Crippen molar-refractivity contribution in [1.82, 2.24) is 0 Å². The van der Waals surface area contributed by atoms with E-state index in [1.54, 1.807) is 0 Å². The molecule has 0 aromatic rings. The zero-order valence-corrected chi connectivity index (χ0v) is 20.0. The van der Waals surface area contributed by atoms with Crippen LogP contribution in [-0.2, 0) is 19.0 Å². The molecule has 0 aromatic carbocycles. The summed E-state index contributed by atoms with van der Waals surface area (Å²) in [5.41, 5.74) is 0.145. The maximum absolute atomic E-state index is 11.9. The highest BCUT2D eigenvalue weighted by Crippen LogP contribution is 2.37. The minimum absolute atomic E-state index is 0.0218. The van der Waals surface area contributed by atoms with E-state index in [1.807, 2.05) is 6.92 Å². The van der Waals surface area contributed by atoms with Gasteiger partial charge in [0.05, 0.1) is 26.2 Å². The first-order chi connectivity index (χ1) is 14.5. The number of unbranched alkanes of at least 4 members (excludes halogenated alkanes) is 8. The van der Waals surface area contributed by atoms with E-state index in [9.17, 15) is 4.79 Å². The third kappa shape index (κ3) is 12.3. The minimum Gasteiger partial charge on any atom is -0.465 e. The number of carbonyl (C=O) groups is 1. The molecule has 1 heterocycles. The Hall–Kier alpha value is -0.650. The lowest BCUT2D eigenvalue weighted by atomic mass is 9.78. The highest BCUT2D eigenvalue weighted by Gasteiger charge is 2.36. The van der Waals surface area contributed by atoms with Gasteiger partial charge in [-0.2, -0.15) is 0 Å². The maximum atomic E-state index is 11.9. The molecule has 5 heteroatoms. The summed E-state index contributed by atoms with van der Waals surface area (Å²) in [6.45, 7) is 8.14. The molecule has 1 fully saturated rings. The quantitative estimate of drug-likeness (QED) is 0.214. The Balaban J connectivity index is 2.36. The average Bonchev–Trinajstić information content (AvgIpc) is 2.77. The van der Waals surface area contributed by atoms with Gasteiger partial charge in [0.25, 0.3) is 0 Å². The lowest BCUT2D eigenvalue weighted by Gasteiger charge is -2.40. The summed E-state index contributed by atoms with van der Waals surface area (Å²) in [6.07, 6.45) is 15.9. The Morgan fingerprint density at radius 3 is 2.07 bits per heavy atom. The fraction of sp³-hybridized carbons (Fsp3) is 0.960. The van der Waals surface area contributed by atoms with Crippen LogP contribution in [0.15, 0.2) is 0 Å². The van der Waals surface area contributed by atoms with Crippen LogP contribution in [0.1, 0.15) is 111 Å². The summed E-state index contributed by atoms with van der Waals surface area (Å²) in [6, 6.07) is 0. The van der Waals surface area contributed by atoms with E-state index < -0.39 is 0 Å². The van der Waals surface area contributed by atoms with Gasteiger partial charge >= 0.3 is 5.97 Å². The number of aliphatic hydroxyl groups is 1. The van der Waals surface area contributed by atoms with Gasteiger partial charge in [0.15, 0.2) is 6.29 Å². The van der Waals surface area contributed by atoms with Crippen molar-refractivity contribution in [3.8, 4) is 0 Å². The first-order valence-electron chi connectivity index (χ1n) is 12.5. The van der Waals surface area contributed by atoms with Crippen molar-refractivity contribution in [3.63, 3.8) is 0 Å². The van der Waals surface area contributed by atoms with Gasteiger partial charge in [-0.15, -0.1) is 0 Å². The molecule has 1 saturated heterocycles. The number of rotatable bonds is 18. The lowest BCUT2D eigenvalue weighted by molar-refractivity contribution is -0.236. The van der Waals surface area contributed by atoms with Crippen LogP contribution in [0.25, 0.3) is 0 Å². The third-order valence-electron chi connectivity index (χ3n) is 6.20. The van der Waals surface area contributed by atoms with Gasteiger partial charge in [0.1, 0.15) is 0 Å². The molecule has 1 atom stereocenters. The van der Waals surface area contributed by atoms with Crippen molar-refractivity contribution in [2.75, 3.05) is 26.4 Å². The zero-order valence-electron chi connectivity index (χ0n) is 20.0. The average molecular weight is 429 g/mol. The van der Waals surface area contributed by atoms with Crippen LogP contribution < -0.4 is 0 Å². The van der Waals surface area contributed by atoms with Crippen molar-refractivity contribution in [2.45, 2.75) is 117 Å². The molecule has 0 saturated carbocycles. The van der Waals surface area contributed by atoms with Crippen LogP contribution in [-0.4, -0.2) is 43.8 Å². The van der Waals surface area contributed by atoms with E-state index in [4.69, 9.17) is 19.3 Å². The molecule has 1 aliphatic rings. The van der Waals surface area contributed by atoms with E-state index in [-0.39, 0.29) is 36.8 Å². The van der Waals surface area contributed by atoms with Gasteiger partial charge in [-0.05, 0) is 12.8 Å². The van der Waals surface area contributed by atoms with E-state index >= 15 is 0 Å². The second kappa shape index (κ2) is 17.0. The molecule has 1 aliphatic heterocycles. The molecule has 0 spiro atoms. The number of hydrogen-bond acceptors (Lipinski definition) is 5. The molecule has 0 aromatic heterocycles. The van der Waals surface area contributed by atoms with Gasteiger partial charge in [-0.3, -0.25) is 4.79 Å². The summed E-state index contributed by atoms with van der Waals surface area (Å²) in [5.74, 6) is -0.266. The van der Waals surface area contributed by atoms with Crippen molar-refractivity contribution < 1.29 is 24.1 Å². The van der Waals surface area contributed by atoms with Gasteiger partial charge in [0, 0.05) is 24.4 Å². The maximum Gasteiger partial charge on any atom is 0.305 e. The molecule has 0 amide bonds. The molecule has 0 aliphatic carbocycles. The molecule has 5 nitrogen and oxygen atoms in total. The predicted octanol–water partition coefficient (Wildman–Crippen LogP) is 6.02. The molecule has 0 radical (unpaired) electrons. The summed E-state index contributed by atoms with van der Waals surface area (Å²) in [7, 11) is 0. The largest absolute Gasteiger partial charge is 0.465 e. The molecule has 1 unspecified atom stereocenters. The summed E-state index contributed by atoms with van der Waals surface area (Å²) in [4.78, 5) is 11.9. The van der Waals surface area contributed by atoms with Gasteiger partial charge in [-0.25, -0.2) is 0 Å². The normalized spacial score (nSPS) is 22.7. The van der Waals surface area contributed by atoms with Crippen LogP contribution in [0.4, 0.5) is 0 Å². The van der Waals surface area contributed by atoms with Crippen LogP contribution in [0.5, 0.6) is 0 Å². The SMILES string of the molecule is CCCCCCCCC1(CCCCCC)COC(CCC(=O)OCC(C)CO)OC1. The molecule has 30 heavy (non-hydrogen) atoms. The van der Waals surface area contributed by atoms with Gasteiger partial charge in [0.2, 0.25) is 0 Å². The van der Waals surface area contributed by atoms with Crippen LogP contribution >= 0.6 is 0 Å². The molecular formula is C25H48O5. The number of hydrogen-bond donors (Lipinski definition) is 1. The van der Waals surface area contributed by atoms with E-state index in [1.165, 1.54) is 77.0 Å². The molecule has 0 bridgehead atoms. The van der Waals surface area contributed by atoms with Crippen molar-refractivity contribution in [1.29, 1.82) is 0 Å². The van der Waals surface area contributed by atoms with Crippen molar-refractivity contribution in [2.24, 2.45) is 11.3 Å². The highest BCUT2D eigenvalue weighted by molar-refractivity contribution is 5.69. The topological polar surface area (TPSA) is 65.0 Å². The van der Waals surface area contributed by atoms with E-state index in [0.29, 0.717) is 12.8 Å². The van der Waals surface area contributed by atoms with Crippen LogP contribution in [0.3, 0.4) is 0 Å². The molecule has 1 rings (SSSR count). The smallest absolute Gasteiger partial charge is 0.305 e. The number of ether oxygens (including phenoxy) is 3. The standard InChI is InChI=1S/C25H48O5/c1-4-6-8-10-11-13-17-25(16-12-9-7-5-2)20-29-24(30-21-25)15-14-23(27)28-19-22(3)18-26/h22,24,26H,4-21H2,1-3H3. The molecule has 178 valence electrons. The Morgan fingerprint density at radius 2 is 1.50 bits per heavy atom. The van der Waals surface area contributed by atoms with E-state index in [0.717, 1.165) is 13.2 Å². The van der Waals surface area contributed by atoms with Crippen molar-refractivity contribution in [3.05, 3.63) is 0 Å². The first-order valence-corrected chi connectivity index (χ1v) is 12.5. The van der Waals surface area contributed by atoms with Crippen LogP contribution in [0, 0.1) is 11.3 Å². The van der Waals surface area contributed by atoms with Crippen LogP contribution in [0.2, 0.25) is 0 Å². The Kier molecular flexibility index (Phi) is 15.5. The Morgan fingerprint density at radius 1 is 0.967 bits per heavy atom. The van der Waals surface area contributed by atoms with Gasteiger partial charge in [-0.1, -0.05) is 85.0 Å².